The van der Waals surface area contributed by atoms with E-state index in [9.17, 15) is 18.4 Å². The molecule has 0 aliphatic heterocycles. The fourth-order valence-corrected chi connectivity index (χ4v) is 2.83. The van der Waals surface area contributed by atoms with Gasteiger partial charge >= 0.3 is 0 Å². The number of aromatic nitrogens is 1. The van der Waals surface area contributed by atoms with Crippen molar-refractivity contribution in [2.75, 3.05) is 4.90 Å². The minimum atomic E-state index is -0.872. The van der Waals surface area contributed by atoms with Crippen LogP contribution in [0.2, 0.25) is 0 Å². The van der Waals surface area contributed by atoms with E-state index < -0.39 is 23.2 Å². The summed E-state index contributed by atoms with van der Waals surface area (Å²) in [6.07, 6.45) is 1.33. The predicted octanol–water partition coefficient (Wildman–Crippen LogP) is 6.00. The molecule has 0 bridgehead atoms. The molecule has 3 aromatic rings. The van der Waals surface area contributed by atoms with Crippen LogP contribution in [0.4, 0.5) is 20.3 Å². The molecule has 2 aromatic carbocycles. The molecular formula is C24H24F2N2O2. The average molecular weight is 410 g/mol. The Hall–Kier alpha value is -3.41. The summed E-state index contributed by atoms with van der Waals surface area (Å²) in [5.74, 6) is -2.45. The van der Waals surface area contributed by atoms with Crippen molar-refractivity contribution < 1.29 is 18.4 Å². The summed E-state index contributed by atoms with van der Waals surface area (Å²) < 4.78 is 28.5. The first-order chi connectivity index (χ1) is 14.4. The molecular weight excluding hydrogens is 386 g/mol. The third-order valence-corrected chi connectivity index (χ3v) is 4.23. The quantitative estimate of drug-likeness (QED) is 0.485. The van der Waals surface area contributed by atoms with E-state index in [1.807, 2.05) is 26.8 Å². The smallest absolute Gasteiger partial charge is 0.232 e. The molecule has 0 spiro atoms. The zero-order valence-electron chi connectivity index (χ0n) is 17.4. The van der Waals surface area contributed by atoms with Crippen molar-refractivity contribution in [3.63, 3.8) is 0 Å². The molecule has 0 aliphatic carbocycles. The number of halogens is 2. The number of hydrogen-bond acceptors (Lipinski definition) is 3. The number of ketones is 1. The minimum Gasteiger partial charge on any atom is -0.289 e. The second-order valence-electron chi connectivity index (χ2n) is 6.26. The summed E-state index contributed by atoms with van der Waals surface area (Å²) >= 11 is 0. The summed E-state index contributed by atoms with van der Waals surface area (Å²) in [6, 6.07) is 13.4. The lowest BCUT2D eigenvalue weighted by Crippen LogP contribution is -2.27. The van der Waals surface area contributed by atoms with Gasteiger partial charge in [-0.25, -0.2) is 13.8 Å². The predicted molar refractivity (Wildman–Crippen MR) is 114 cm³/mol. The molecule has 0 atom stereocenters. The van der Waals surface area contributed by atoms with Gasteiger partial charge in [0.2, 0.25) is 5.91 Å². The van der Waals surface area contributed by atoms with E-state index in [4.69, 9.17) is 0 Å². The third-order valence-electron chi connectivity index (χ3n) is 4.23. The van der Waals surface area contributed by atoms with Crippen LogP contribution in [0.3, 0.4) is 0 Å². The van der Waals surface area contributed by atoms with Crippen molar-refractivity contribution in [2.24, 2.45) is 0 Å². The van der Waals surface area contributed by atoms with Gasteiger partial charge in [0.15, 0.2) is 5.78 Å². The Kier molecular flexibility index (Phi) is 7.92. The van der Waals surface area contributed by atoms with Crippen molar-refractivity contribution in [2.45, 2.75) is 34.1 Å². The molecule has 3 rings (SSSR count). The van der Waals surface area contributed by atoms with Crippen LogP contribution in [0.15, 0.2) is 60.8 Å². The van der Waals surface area contributed by atoms with Gasteiger partial charge in [-0.15, -0.1) is 0 Å². The van der Waals surface area contributed by atoms with Crippen LogP contribution in [0.1, 0.15) is 48.7 Å². The summed E-state index contributed by atoms with van der Waals surface area (Å²) in [7, 11) is 0. The minimum absolute atomic E-state index is 0.0272. The zero-order chi connectivity index (χ0) is 22.3. The molecule has 1 amide bonds. The van der Waals surface area contributed by atoms with Gasteiger partial charge in [-0.05, 0) is 37.3 Å². The number of para-hydroxylation sites is 1. The van der Waals surface area contributed by atoms with E-state index in [1.165, 1.54) is 24.4 Å². The topological polar surface area (TPSA) is 50.3 Å². The van der Waals surface area contributed by atoms with Crippen molar-refractivity contribution in [1.82, 2.24) is 4.98 Å². The van der Waals surface area contributed by atoms with E-state index in [2.05, 4.69) is 4.98 Å². The highest BCUT2D eigenvalue weighted by Gasteiger charge is 2.24. The van der Waals surface area contributed by atoms with Crippen LogP contribution < -0.4 is 4.90 Å². The van der Waals surface area contributed by atoms with Crippen LogP contribution in [-0.4, -0.2) is 16.7 Å². The molecule has 4 nitrogen and oxygen atoms in total. The Balaban J connectivity index is 0.00000155. The lowest BCUT2D eigenvalue weighted by Gasteiger charge is -2.22. The Morgan fingerprint density at radius 2 is 1.57 bits per heavy atom. The van der Waals surface area contributed by atoms with Crippen molar-refractivity contribution in [1.29, 1.82) is 0 Å². The Morgan fingerprint density at radius 1 is 0.933 bits per heavy atom. The van der Waals surface area contributed by atoms with E-state index in [0.717, 1.165) is 22.6 Å². The molecule has 0 saturated heterocycles. The number of pyridine rings is 1. The van der Waals surface area contributed by atoms with Crippen LogP contribution in [0.25, 0.3) is 0 Å². The van der Waals surface area contributed by atoms with E-state index in [-0.39, 0.29) is 18.0 Å². The molecule has 0 unspecified atom stereocenters. The van der Waals surface area contributed by atoms with Gasteiger partial charge in [-0.3, -0.25) is 14.5 Å². The van der Waals surface area contributed by atoms with Crippen LogP contribution in [0.5, 0.6) is 0 Å². The van der Waals surface area contributed by atoms with Gasteiger partial charge in [-0.1, -0.05) is 50.6 Å². The monoisotopic (exact) mass is 410 g/mol. The average Bonchev–Trinajstić information content (AvgIpc) is 2.77. The maximum Gasteiger partial charge on any atom is 0.232 e. The lowest BCUT2D eigenvalue weighted by molar-refractivity contribution is -0.117. The fourth-order valence-electron chi connectivity index (χ4n) is 2.83. The Labute approximate surface area is 175 Å². The molecule has 0 fully saturated rings. The van der Waals surface area contributed by atoms with Crippen molar-refractivity contribution in [3.8, 4) is 0 Å². The molecule has 0 radical (unpaired) electrons. The van der Waals surface area contributed by atoms with E-state index in [1.54, 1.807) is 25.1 Å². The molecule has 1 heterocycles. The standard InChI is InChI=1S/C22H18F2N2O2.C2H6/c1-3-20(27)26(21-17(23)8-5-9-18(21)24)19-11-10-16(13-25-19)22(28)15-7-4-6-14(2)12-15;1-2/h4-13H,3H2,1-2H3;1-2H3. The number of nitrogens with zero attached hydrogens (tertiary/aromatic N) is 2. The van der Waals surface area contributed by atoms with E-state index >= 15 is 0 Å². The zero-order valence-corrected chi connectivity index (χ0v) is 17.4. The fraction of sp³-hybridized carbons (Fsp3) is 0.208. The summed E-state index contributed by atoms with van der Waals surface area (Å²) in [4.78, 5) is 30.0. The number of amides is 1. The maximum absolute atomic E-state index is 14.2. The van der Waals surface area contributed by atoms with Crippen LogP contribution in [-0.2, 0) is 4.79 Å². The number of carbonyl (C=O) groups excluding carboxylic acids is 2. The van der Waals surface area contributed by atoms with Crippen LogP contribution in [0, 0.1) is 18.6 Å². The Bertz CT molecular complexity index is 1010. The second kappa shape index (κ2) is 10.4. The summed E-state index contributed by atoms with van der Waals surface area (Å²) in [5, 5.41) is 0. The summed E-state index contributed by atoms with van der Waals surface area (Å²) in [6.45, 7) is 7.47. The number of benzene rings is 2. The van der Waals surface area contributed by atoms with Gasteiger partial charge < -0.3 is 0 Å². The first-order valence-electron chi connectivity index (χ1n) is 9.76. The number of rotatable bonds is 5. The van der Waals surface area contributed by atoms with Gasteiger partial charge in [0, 0.05) is 23.7 Å². The third kappa shape index (κ3) is 4.95. The highest BCUT2D eigenvalue weighted by atomic mass is 19.1. The van der Waals surface area contributed by atoms with Gasteiger partial charge in [0.05, 0.1) is 0 Å². The normalized spacial score (nSPS) is 10.1. The molecule has 30 heavy (non-hydrogen) atoms. The number of anilines is 2. The first kappa shape index (κ1) is 22.9. The number of carbonyl (C=O) groups is 2. The van der Waals surface area contributed by atoms with Crippen LogP contribution >= 0.6 is 0 Å². The number of aryl methyl sites for hydroxylation is 1. The molecule has 0 aliphatic rings. The van der Waals surface area contributed by atoms with Crippen molar-refractivity contribution >= 4 is 23.2 Å². The molecule has 1 aromatic heterocycles. The molecule has 0 N–H and O–H groups in total. The second-order valence-corrected chi connectivity index (χ2v) is 6.26. The molecule has 6 heteroatoms. The van der Waals surface area contributed by atoms with Gasteiger partial charge in [0.1, 0.15) is 23.1 Å². The first-order valence-corrected chi connectivity index (χ1v) is 9.76. The molecule has 156 valence electrons. The Morgan fingerprint density at radius 3 is 2.10 bits per heavy atom. The summed E-state index contributed by atoms with van der Waals surface area (Å²) in [5.41, 5.74) is 1.29. The van der Waals surface area contributed by atoms with E-state index in [0.29, 0.717) is 11.1 Å². The lowest BCUT2D eigenvalue weighted by atomic mass is 10.0. The number of hydrogen-bond donors (Lipinski definition) is 0. The largest absolute Gasteiger partial charge is 0.289 e. The van der Waals surface area contributed by atoms with Crippen molar-refractivity contribution in [3.05, 3.63) is 89.1 Å². The SMILES string of the molecule is CC.CCC(=O)N(c1ccc(C(=O)c2cccc(C)c2)cn1)c1c(F)cccc1F. The maximum atomic E-state index is 14.2. The van der Waals surface area contributed by atoms with Gasteiger partial charge in [0.25, 0.3) is 0 Å². The highest BCUT2D eigenvalue weighted by molar-refractivity contribution is 6.09. The highest BCUT2D eigenvalue weighted by Crippen LogP contribution is 2.30. The van der Waals surface area contributed by atoms with Gasteiger partial charge in [-0.2, -0.15) is 0 Å². The molecule has 0 saturated carbocycles.